The third-order valence-electron chi connectivity index (χ3n) is 6.34. The molecule has 2 aliphatic heterocycles. The first kappa shape index (κ1) is 19.1. The summed E-state index contributed by atoms with van der Waals surface area (Å²) in [4.78, 5) is 2.43. The second-order valence-corrected chi connectivity index (χ2v) is 8.47. The van der Waals surface area contributed by atoms with Crippen molar-refractivity contribution < 1.29 is 9.13 Å². The molecule has 2 fully saturated rings. The molecule has 3 N–H and O–H groups in total. The molecular weight excluding hydrogens is 381 g/mol. The molecule has 156 valence electrons. The topological polar surface area (TPSA) is 76.3 Å². The number of hydrogen-bond donors (Lipinski definition) is 2. The molecule has 6 nitrogen and oxygen atoms in total. The van der Waals surface area contributed by atoms with E-state index in [1.54, 1.807) is 13.0 Å². The van der Waals surface area contributed by atoms with E-state index in [2.05, 4.69) is 38.6 Å². The number of halogens is 1. The fourth-order valence-corrected chi connectivity index (χ4v) is 4.64. The van der Waals surface area contributed by atoms with Crippen LogP contribution in [0.2, 0.25) is 0 Å². The summed E-state index contributed by atoms with van der Waals surface area (Å²) in [6, 6.07) is 10.3. The molecule has 1 aromatic heterocycles. The number of nitrogen functional groups attached to an aromatic ring is 1. The molecule has 2 aliphatic rings. The van der Waals surface area contributed by atoms with Crippen LogP contribution in [0.3, 0.4) is 0 Å². The van der Waals surface area contributed by atoms with Crippen molar-refractivity contribution in [1.29, 1.82) is 0 Å². The average molecular weight is 407 g/mol. The lowest BCUT2D eigenvalue weighted by Gasteiger charge is -2.29. The van der Waals surface area contributed by atoms with E-state index in [4.69, 9.17) is 10.5 Å². The van der Waals surface area contributed by atoms with Crippen molar-refractivity contribution in [3.8, 4) is 0 Å². The predicted octanol–water partition coefficient (Wildman–Crippen LogP) is 4.12. The number of rotatable bonds is 4. The van der Waals surface area contributed by atoms with Gasteiger partial charge in [-0.15, -0.1) is 5.10 Å². The van der Waals surface area contributed by atoms with Gasteiger partial charge in [0.1, 0.15) is 5.82 Å². The minimum absolute atomic E-state index is 0.105. The smallest absolute Gasteiger partial charge is 0.157 e. The zero-order valence-electron chi connectivity index (χ0n) is 17.4. The van der Waals surface area contributed by atoms with E-state index in [0.29, 0.717) is 23.5 Å². The number of aryl methyl sites for hydroxylation is 2. The molecule has 3 aromatic rings. The Kier molecular flexibility index (Phi) is 4.50. The Bertz CT molecular complexity index is 1110. The van der Waals surface area contributed by atoms with Crippen molar-refractivity contribution >= 4 is 28.0 Å². The largest absolute Gasteiger partial charge is 0.396 e. The quantitative estimate of drug-likeness (QED) is 0.634. The zero-order chi connectivity index (χ0) is 21.0. The van der Waals surface area contributed by atoms with Crippen LogP contribution < -0.4 is 16.0 Å². The van der Waals surface area contributed by atoms with Gasteiger partial charge < -0.3 is 20.7 Å². The molecule has 0 saturated carbocycles. The third kappa shape index (κ3) is 3.13. The average Bonchev–Trinajstić information content (AvgIpc) is 3.37. The van der Waals surface area contributed by atoms with Crippen LogP contribution in [-0.2, 0) is 4.74 Å². The van der Waals surface area contributed by atoms with Gasteiger partial charge in [-0.05, 0) is 56.5 Å². The van der Waals surface area contributed by atoms with Gasteiger partial charge in [-0.25, -0.2) is 4.39 Å². The van der Waals surface area contributed by atoms with Crippen molar-refractivity contribution in [2.45, 2.75) is 45.4 Å². The fourth-order valence-electron chi connectivity index (χ4n) is 4.64. The molecular formula is C23H26FN5O. The molecule has 0 aliphatic carbocycles. The standard InChI is InChI=1S/C23H26FN5O/c1-12-6-15(7-21(25)22(12)24)13(2)26-23-20-9-16(4-5-19(20)14(3)27-28-23)29-10-18-8-17(29)11-30-18/h4-7,9,13,17-18H,8,10-11,25H2,1-3H3,(H,26,28)/t13-,17-,18-/m1/s1. The maximum absolute atomic E-state index is 13.9. The lowest BCUT2D eigenvalue weighted by atomic mass is 10.0. The van der Waals surface area contributed by atoms with Crippen LogP contribution in [0.15, 0.2) is 30.3 Å². The van der Waals surface area contributed by atoms with Crippen LogP contribution in [-0.4, -0.2) is 35.5 Å². The Balaban J connectivity index is 1.50. The van der Waals surface area contributed by atoms with Crippen LogP contribution in [0, 0.1) is 19.7 Å². The van der Waals surface area contributed by atoms with E-state index >= 15 is 0 Å². The highest BCUT2D eigenvalue weighted by Gasteiger charge is 2.39. The molecule has 0 radical (unpaired) electrons. The molecule has 0 amide bonds. The summed E-state index contributed by atoms with van der Waals surface area (Å²) >= 11 is 0. The molecule has 3 atom stereocenters. The summed E-state index contributed by atoms with van der Waals surface area (Å²) in [5, 5.41) is 14.3. The number of nitrogens with one attached hydrogen (secondary N) is 1. The summed E-state index contributed by atoms with van der Waals surface area (Å²) in [5.41, 5.74) is 9.51. The number of aromatic nitrogens is 2. The molecule has 30 heavy (non-hydrogen) atoms. The van der Waals surface area contributed by atoms with Crippen molar-refractivity contribution in [3.05, 3.63) is 53.0 Å². The Morgan fingerprint density at radius 1 is 1.20 bits per heavy atom. The molecule has 2 aromatic carbocycles. The molecule has 0 unspecified atom stereocenters. The number of ether oxygens (including phenoxy) is 1. The van der Waals surface area contributed by atoms with E-state index in [1.807, 2.05) is 19.9 Å². The van der Waals surface area contributed by atoms with E-state index in [9.17, 15) is 4.39 Å². The van der Waals surface area contributed by atoms with Gasteiger partial charge in [0.05, 0.1) is 36.2 Å². The first-order chi connectivity index (χ1) is 14.4. The maximum atomic E-state index is 13.9. The zero-order valence-corrected chi connectivity index (χ0v) is 17.4. The summed E-state index contributed by atoms with van der Waals surface area (Å²) in [6.07, 6.45) is 1.44. The van der Waals surface area contributed by atoms with E-state index in [1.165, 1.54) is 5.69 Å². The summed E-state index contributed by atoms with van der Waals surface area (Å²) in [6.45, 7) is 7.44. The number of hydrogen-bond acceptors (Lipinski definition) is 6. The number of morpholine rings is 1. The van der Waals surface area contributed by atoms with Crippen LogP contribution in [0.1, 0.15) is 36.2 Å². The summed E-state index contributed by atoms with van der Waals surface area (Å²) < 4.78 is 19.7. The number of nitrogens with zero attached hydrogens (tertiary/aromatic N) is 3. The van der Waals surface area contributed by atoms with Crippen molar-refractivity contribution in [2.24, 2.45) is 0 Å². The van der Waals surface area contributed by atoms with Crippen molar-refractivity contribution in [3.63, 3.8) is 0 Å². The molecule has 2 bridgehead atoms. The lowest BCUT2D eigenvalue weighted by molar-refractivity contribution is 0.0991. The van der Waals surface area contributed by atoms with Gasteiger partial charge >= 0.3 is 0 Å². The highest BCUT2D eigenvalue weighted by atomic mass is 19.1. The van der Waals surface area contributed by atoms with Gasteiger partial charge in [-0.2, -0.15) is 5.10 Å². The summed E-state index contributed by atoms with van der Waals surface area (Å²) in [5.74, 6) is 0.353. The normalized spacial score (nSPS) is 21.4. The monoisotopic (exact) mass is 407 g/mol. The van der Waals surface area contributed by atoms with Crippen molar-refractivity contribution in [2.75, 3.05) is 29.1 Å². The number of benzene rings is 2. The highest BCUT2D eigenvalue weighted by molar-refractivity contribution is 5.95. The molecule has 0 spiro atoms. The van der Waals surface area contributed by atoms with E-state index in [-0.39, 0.29) is 17.5 Å². The van der Waals surface area contributed by atoms with E-state index in [0.717, 1.165) is 41.6 Å². The van der Waals surface area contributed by atoms with Crippen molar-refractivity contribution in [1.82, 2.24) is 10.2 Å². The lowest BCUT2D eigenvalue weighted by Crippen LogP contribution is -2.36. The first-order valence-corrected chi connectivity index (χ1v) is 10.4. The van der Waals surface area contributed by atoms with Gasteiger partial charge in [0.15, 0.2) is 5.82 Å². The second-order valence-electron chi connectivity index (χ2n) is 8.47. The molecule has 5 rings (SSSR count). The predicted molar refractivity (Wildman–Crippen MR) is 117 cm³/mol. The number of anilines is 3. The van der Waals surface area contributed by atoms with Crippen LogP contribution in [0.4, 0.5) is 21.6 Å². The van der Waals surface area contributed by atoms with E-state index < -0.39 is 0 Å². The third-order valence-corrected chi connectivity index (χ3v) is 6.34. The Hall–Kier alpha value is -2.93. The Morgan fingerprint density at radius 3 is 2.73 bits per heavy atom. The van der Waals surface area contributed by atoms with Crippen LogP contribution >= 0.6 is 0 Å². The number of fused-ring (bicyclic) bond motifs is 3. The van der Waals surface area contributed by atoms with Crippen LogP contribution in [0.5, 0.6) is 0 Å². The molecule has 2 saturated heterocycles. The van der Waals surface area contributed by atoms with Gasteiger partial charge in [0.25, 0.3) is 0 Å². The van der Waals surface area contributed by atoms with Crippen LogP contribution in [0.25, 0.3) is 10.8 Å². The molecule has 3 heterocycles. The SMILES string of the molecule is Cc1cc([C@@H](C)Nc2nnc(C)c3ccc(N4C[C@H]5C[C@@H]4CO5)cc23)cc(N)c1F. The second kappa shape index (κ2) is 7.09. The minimum Gasteiger partial charge on any atom is -0.396 e. The fraction of sp³-hybridized carbons (Fsp3) is 0.391. The number of nitrogens with two attached hydrogens (primary N) is 1. The maximum Gasteiger partial charge on any atom is 0.157 e. The Labute approximate surface area is 175 Å². The molecule has 7 heteroatoms. The first-order valence-electron chi connectivity index (χ1n) is 10.4. The highest BCUT2D eigenvalue weighted by Crippen LogP contribution is 2.36. The van der Waals surface area contributed by atoms with Gasteiger partial charge in [0, 0.05) is 23.0 Å². The van der Waals surface area contributed by atoms with Gasteiger partial charge in [-0.1, -0.05) is 12.1 Å². The van der Waals surface area contributed by atoms with Gasteiger partial charge in [0.2, 0.25) is 0 Å². The minimum atomic E-state index is -0.361. The van der Waals surface area contributed by atoms with Gasteiger partial charge in [-0.3, -0.25) is 0 Å². The summed E-state index contributed by atoms with van der Waals surface area (Å²) in [7, 11) is 0. The Morgan fingerprint density at radius 2 is 2.03 bits per heavy atom.